The predicted molar refractivity (Wildman–Crippen MR) is 78.5 cm³/mol. The highest BCUT2D eigenvalue weighted by Crippen LogP contribution is 2.45. The number of carbonyl (C=O) groups excluding carboxylic acids is 1. The van der Waals surface area contributed by atoms with Gasteiger partial charge in [0.1, 0.15) is 6.10 Å². The molecule has 0 amide bonds. The normalized spacial score (nSPS) is 33.1. The molecule has 3 nitrogen and oxygen atoms in total. The molecule has 4 atom stereocenters. The Morgan fingerprint density at radius 2 is 2.05 bits per heavy atom. The Labute approximate surface area is 120 Å². The number of esters is 1. The van der Waals surface area contributed by atoms with Gasteiger partial charge in [-0.25, -0.2) is 0 Å². The summed E-state index contributed by atoms with van der Waals surface area (Å²) in [5.74, 6) is 0.889. The smallest absolute Gasteiger partial charge is 0.305 e. The van der Waals surface area contributed by atoms with Gasteiger partial charge in [0, 0.05) is 24.9 Å². The lowest BCUT2D eigenvalue weighted by atomic mass is 9.67. The minimum atomic E-state index is -0.0723. The van der Waals surface area contributed by atoms with Crippen LogP contribution in [0.3, 0.4) is 0 Å². The van der Waals surface area contributed by atoms with Crippen molar-refractivity contribution in [2.75, 3.05) is 13.6 Å². The van der Waals surface area contributed by atoms with E-state index in [1.807, 2.05) is 13.0 Å². The molecule has 2 saturated heterocycles. The maximum Gasteiger partial charge on any atom is 0.305 e. The molecule has 0 aromatic heterocycles. The van der Waals surface area contributed by atoms with Crippen LogP contribution in [0.2, 0.25) is 0 Å². The summed E-state index contributed by atoms with van der Waals surface area (Å²) in [5.41, 5.74) is 1.32. The van der Waals surface area contributed by atoms with Crippen LogP contribution in [0.5, 0.6) is 0 Å². The van der Waals surface area contributed by atoms with Crippen LogP contribution >= 0.6 is 0 Å². The number of piperidine rings is 2. The third-order valence-corrected chi connectivity index (χ3v) is 4.90. The van der Waals surface area contributed by atoms with E-state index in [0.717, 1.165) is 13.0 Å². The molecule has 1 aliphatic carbocycles. The highest BCUT2D eigenvalue weighted by molar-refractivity contribution is 5.69. The Kier molecular flexibility index (Phi) is 3.79. The summed E-state index contributed by atoms with van der Waals surface area (Å²) in [6, 6.07) is 10.9. The number of carbonyl (C=O) groups is 1. The molecule has 0 spiro atoms. The van der Waals surface area contributed by atoms with E-state index >= 15 is 0 Å². The molecule has 1 aromatic rings. The van der Waals surface area contributed by atoms with E-state index in [2.05, 4.69) is 36.2 Å². The van der Waals surface area contributed by atoms with Gasteiger partial charge in [0.25, 0.3) is 0 Å². The molecule has 0 radical (unpaired) electrons. The molecule has 3 heteroatoms. The van der Waals surface area contributed by atoms with E-state index in [1.54, 1.807) is 0 Å². The van der Waals surface area contributed by atoms with Gasteiger partial charge >= 0.3 is 5.97 Å². The van der Waals surface area contributed by atoms with Crippen LogP contribution in [0, 0.1) is 5.92 Å². The number of fused-ring (bicyclic) bond motifs is 3. The predicted octanol–water partition coefficient (Wildman–Crippen LogP) is 2.82. The maximum absolute atomic E-state index is 11.8. The van der Waals surface area contributed by atoms with Gasteiger partial charge < -0.3 is 4.74 Å². The zero-order chi connectivity index (χ0) is 14.1. The van der Waals surface area contributed by atoms with Crippen LogP contribution in [0.15, 0.2) is 30.3 Å². The van der Waals surface area contributed by atoms with Crippen molar-refractivity contribution in [1.82, 2.24) is 4.90 Å². The fourth-order valence-electron chi connectivity index (χ4n) is 3.94. The van der Waals surface area contributed by atoms with Crippen molar-refractivity contribution in [3.8, 4) is 0 Å². The number of benzene rings is 1. The summed E-state index contributed by atoms with van der Waals surface area (Å²) in [6.45, 7) is 2.98. The van der Waals surface area contributed by atoms with Gasteiger partial charge in [-0.15, -0.1) is 0 Å². The van der Waals surface area contributed by atoms with Gasteiger partial charge in [0.05, 0.1) is 0 Å². The first kappa shape index (κ1) is 13.6. The van der Waals surface area contributed by atoms with Crippen molar-refractivity contribution >= 4 is 5.97 Å². The summed E-state index contributed by atoms with van der Waals surface area (Å²) in [5, 5.41) is 0. The quantitative estimate of drug-likeness (QED) is 0.793. The lowest BCUT2D eigenvalue weighted by Crippen LogP contribution is -2.59. The molecule has 108 valence electrons. The highest BCUT2D eigenvalue weighted by atomic mass is 16.5. The summed E-state index contributed by atoms with van der Waals surface area (Å²) in [7, 11) is 2.16. The lowest BCUT2D eigenvalue weighted by molar-refractivity contribution is -0.163. The minimum absolute atomic E-state index is 0.0161. The second-order valence-corrected chi connectivity index (χ2v) is 6.09. The van der Waals surface area contributed by atoms with E-state index in [-0.39, 0.29) is 12.1 Å². The molecule has 1 aromatic carbocycles. The summed E-state index contributed by atoms with van der Waals surface area (Å²) < 4.78 is 5.83. The average Bonchev–Trinajstić information content (AvgIpc) is 2.48. The molecule has 2 aliphatic heterocycles. The lowest BCUT2D eigenvalue weighted by Gasteiger charge is -2.52. The van der Waals surface area contributed by atoms with Crippen LogP contribution in [-0.4, -0.2) is 36.6 Å². The number of nitrogens with zero attached hydrogens (tertiary/aromatic N) is 1. The van der Waals surface area contributed by atoms with Gasteiger partial charge in [-0.1, -0.05) is 37.3 Å². The number of hydrogen-bond donors (Lipinski definition) is 0. The number of rotatable bonds is 3. The van der Waals surface area contributed by atoms with E-state index in [9.17, 15) is 4.79 Å². The molecular formula is C17H23NO2. The summed E-state index contributed by atoms with van der Waals surface area (Å²) in [4.78, 5) is 14.2. The Morgan fingerprint density at radius 3 is 2.70 bits per heavy atom. The van der Waals surface area contributed by atoms with E-state index in [0.29, 0.717) is 24.3 Å². The Bertz CT molecular complexity index is 473. The standard InChI is InChI=1S/C17H23NO2/c1-3-15(19)20-17-14-10-9-13(11-18(14)2)16(17)12-7-5-4-6-8-12/h4-8,13-14,16-17H,3,9-11H2,1-2H3. The molecule has 3 aliphatic rings. The second-order valence-electron chi connectivity index (χ2n) is 6.09. The number of likely N-dealkylation sites (N-methyl/N-ethyl adjacent to an activating group) is 1. The first-order chi connectivity index (χ1) is 9.70. The summed E-state index contributed by atoms with van der Waals surface area (Å²) >= 11 is 0. The third-order valence-electron chi connectivity index (χ3n) is 4.90. The monoisotopic (exact) mass is 273 g/mol. The Hall–Kier alpha value is -1.35. The molecule has 2 bridgehead atoms. The van der Waals surface area contributed by atoms with Gasteiger partial charge in [0.15, 0.2) is 0 Å². The van der Waals surface area contributed by atoms with Crippen molar-refractivity contribution in [3.63, 3.8) is 0 Å². The maximum atomic E-state index is 11.8. The van der Waals surface area contributed by atoms with Crippen LogP contribution < -0.4 is 0 Å². The van der Waals surface area contributed by atoms with Crippen LogP contribution in [0.4, 0.5) is 0 Å². The van der Waals surface area contributed by atoms with Crippen molar-refractivity contribution in [1.29, 1.82) is 0 Å². The first-order valence-electron chi connectivity index (χ1n) is 7.65. The zero-order valence-electron chi connectivity index (χ0n) is 12.3. The molecule has 20 heavy (non-hydrogen) atoms. The largest absolute Gasteiger partial charge is 0.460 e. The van der Waals surface area contributed by atoms with Crippen LogP contribution in [-0.2, 0) is 9.53 Å². The van der Waals surface area contributed by atoms with Crippen LogP contribution in [0.25, 0.3) is 0 Å². The third kappa shape index (κ3) is 2.35. The number of hydrogen-bond acceptors (Lipinski definition) is 3. The molecule has 0 N–H and O–H groups in total. The zero-order valence-corrected chi connectivity index (χ0v) is 12.3. The van der Waals surface area contributed by atoms with E-state index in [1.165, 1.54) is 12.0 Å². The highest BCUT2D eigenvalue weighted by Gasteiger charge is 2.48. The topological polar surface area (TPSA) is 29.5 Å². The Morgan fingerprint density at radius 1 is 1.30 bits per heavy atom. The Balaban J connectivity index is 1.91. The van der Waals surface area contributed by atoms with Gasteiger partial charge in [-0.3, -0.25) is 9.69 Å². The molecule has 4 unspecified atom stereocenters. The van der Waals surface area contributed by atoms with Crippen LogP contribution in [0.1, 0.15) is 37.7 Å². The summed E-state index contributed by atoms with van der Waals surface area (Å²) in [6.07, 6.45) is 2.86. The van der Waals surface area contributed by atoms with E-state index < -0.39 is 0 Å². The van der Waals surface area contributed by atoms with Crippen molar-refractivity contribution in [2.45, 2.75) is 44.2 Å². The van der Waals surface area contributed by atoms with Gasteiger partial charge in [-0.05, 0) is 31.4 Å². The minimum Gasteiger partial charge on any atom is -0.460 e. The molecule has 3 fully saturated rings. The SMILES string of the molecule is CCC(=O)OC1C(c2ccccc2)C2CCC1N(C)C2. The van der Waals surface area contributed by atoms with Crippen molar-refractivity contribution in [3.05, 3.63) is 35.9 Å². The van der Waals surface area contributed by atoms with E-state index in [4.69, 9.17) is 4.74 Å². The fourth-order valence-corrected chi connectivity index (χ4v) is 3.94. The van der Waals surface area contributed by atoms with Gasteiger partial charge in [-0.2, -0.15) is 0 Å². The molecule has 2 heterocycles. The molecular weight excluding hydrogens is 250 g/mol. The molecule has 4 rings (SSSR count). The second kappa shape index (κ2) is 5.57. The van der Waals surface area contributed by atoms with Crippen molar-refractivity contribution in [2.24, 2.45) is 5.92 Å². The van der Waals surface area contributed by atoms with Gasteiger partial charge in [0.2, 0.25) is 0 Å². The van der Waals surface area contributed by atoms with Crippen molar-refractivity contribution < 1.29 is 9.53 Å². The average molecular weight is 273 g/mol. The molecule has 1 saturated carbocycles. The first-order valence-corrected chi connectivity index (χ1v) is 7.65. The number of ether oxygens (including phenoxy) is 1. The fraction of sp³-hybridized carbons (Fsp3) is 0.588.